The molecule has 0 unspecified atom stereocenters. The van der Waals surface area contributed by atoms with Gasteiger partial charge in [0.25, 0.3) is 0 Å². The van der Waals surface area contributed by atoms with E-state index in [0.717, 1.165) is 24.4 Å². The lowest BCUT2D eigenvalue weighted by Crippen LogP contribution is -2.28. The molecule has 1 aromatic carbocycles. The molecular weight excluding hydrogens is 471 g/mol. The number of pyridine rings is 1. The van der Waals surface area contributed by atoms with Gasteiger partial charge >= 0.3 is 23.8 Å². The lowest BCUT2D eigenvalue weighted by molar-refractivity contribution is -0.147. The Morgan fingerprint density at radius 3 is 2.49 bits per heavy atom. The van der Waals surface area contributed by atoms with E-state index in [1.165, 1.54) is 13.2 Å². The second-order valence-corrected chi connectivity index (χ2v) is 7.74. The smallest absolute Gasteiger partial charge is 0.320 e. The highest BCUT2D eigenvalue weighted by atomic mass is 19.2. The van der Waals surface area contributed by atoms with Crippen molar-refractivity contribution < 1.29 is 36.7 Å². The monoisotopic (exact) mass is 491 g/mol. The summed E-state index contributed by atoms with van der Waals surface area (Å²) in [6.07, 6.45) is 3.26. The van der Waals surface area contributed by atoms with Crippen LogP contribution >= 0.6 is 0 Å². The molecule has 4 rings (SSSR count). The van der Waals surface area contributed by atoms with Gasteiger partial charge in [0.1, 0.15) is 6.10 Å². The Balaban J connectivity index is 1.33. The van der Waals surface area contributed by atoms with Crippen LogP contribution in [0.15, 0.2) is 34.9 Å². The molecule has 0 bridgehead atoms. The standard InChI is InChI=1S/C22H20F3N5O5/c1-33-21(32)11-2-5-13(6-3-11)34-18-9-16(25)17(10-26-18)28-19(31)20-29-30-22(35-20)27-12-4-7-14(23)15(24)8-12/h4,7-11,13H,2-3,5-6H2,1H3,(H,27,30)(H,28,31)/t11-,13+. The van der Waals surface area contributed by atoms with Crippen LogP contribution in [0, 0.1) is 23.4 Å². The number of anilines is 3. The first-order chi connectivity index (χ1) is 16.8. The number of carbonyl (C=O) groups excluding carboxylic acids is 2. The fourth-order valence-corrected chi connectivity index (χ4v) is 3.56. The lowest BCUT2D eigenvalue weighted by Gasteiger charge is -2.27. The third kappa shape index (κ3) is 5.86. The largest absolute Gasteiger partial charge is 0.474 e. The normalized spacial score (nSPS) is 17.5. The minimum absolute atomic E-state index is 0.0397. The topological polar surface area (TPSA) is 128 Å². The minimum Gasteiger partial charge on any atom is -0.474 e. The van der Waals surface area contributed by atoms with Crippen LogP contribution in [0.2, 0.25) is 0 Å². The van der Waals surface area contributed by atoms with Gasteiger partial charge in [-0.1, -0.05) is 5.10 Å². The van der Waals surface area contributed by atoms with E-state index in [2.05, 4.69) is 25.8 Å². The molecule has 0 atom stereocenters. The number of rotatable bonds is 7. The molecule has 1 saturated carbocycles. The summed E-state index contributed by atoms with van der Waals surface area (Å²) < 4.78 is 56.4. The van der Waals surface area contributed by atoms with E-state index in [4.69, 9.17) is 13.9 Å². The number of amides is 1. The first-order valence-electron chi connectivity index (χ1n) is 10.6. The number of nitrogens with zero attached hydrogens (tertiary/aromatic N) is 3. The summed E-state index contributed by atoms with van der Waals surface area (Å²) in [5, 5.41) is 11.9. The van der Waals surface area contributed by atoms with E-state index >= 15 is 0 Å². The van der Waals surface area contributed by atoms with Gasteiger partial charge in [0.2, 0.25) is 5.88 Å². The molecule has 2 aromatic heterocycles. The predicted molar refractivity (Wildman–Crippen MR) is 114 cm³/mol. The van der Waals surface area contributed by atoms with Gasteiger partial charge in [-0.25, -0.2) is 18.2 Å². The Kier molecular flexibility index (Phi) is 7.13. The van der Waals surface area contributed by atoms with Gasteiger partial charge in [-0.05, 0) is 37.8 Å². The Morgan fingerprint density at radius 1 is 1.03 bits per heavy atom. The SMILES string of the molecule is COC(=O)[C@H]1CC[C@@H](Oc2cc(F)c(NC(=O)c3nnc(Nc4ccc(F)c(F)c4)o3)cn2)CC1. The first kappa shape index (κ1) is 24.0. The molecule has 1 amide bonds. The highest BCUT2D eigenvalue weighted by Gasteiger charge is 2.28. The van der Waals surface area contributed by atoms with Crippen LogP contribution in [0.25, 0.3) is 0 Å². The molecule has 1 aliphatic rings. The Bertz CT molecular complexity index is 1230. The van der Waals surface area contributed by atoms with Crippen molar-refractivity contribution in [2.24, 2.45) is 5.92 Å². The zero-order chi connectivity index (χ0) is 24.9. The molecule has 0 spiro atoms. The Labute approximate surface area is 196 Å². The Hall–Kier alpha value is -4.16. The number of nitrogens with one attached hydrogen (secondary N) is 2. The fourth-order valence-electron chi connectivity index (χ4n) is 3.56. The highest BCUT2D eigenvalue weighted by Crippen LogP contribution is 2.29. The van der Waals surface area contributed by atoms with E-state index in [0.29, 0.717) is 25.7 Å². The number of aromatic nitrogens is 3. The summed E-state index contributed by atoms with van der Waals surface area (Å²) in [5.74, 6) is -4.70. The van der Waals surface area contributed by atoms with Crippen LogP contribution in [0.5, 0.6) is 5.88 Å². The second kappa shape index (κ2) is 10.4. The fraction of sp³-hybridized carbons (Fsp3) is 0.318. The molecule has 13 heteroatoms. The zero-order valence-corrected chi connectivity index (χ0v) is 18.4. The van der Waals surface area contributed by atoms with Crippen molar-refractivity contribution in [3.63, 3.8) is 0 Å². The van der Waals surface area contributed by atoms with E-state index in [1.807, 2.05) is 0 Å². The van der Waals surface area contributed by atoms with E-state index in [9.17, 15) is 22.8 Å². The van der Waals surface area contributed by atoms with Gasteiger partial charge in [-0.3, -0.25) is 9.59 Å². The van der Waals surface area contributed by atoms with Gasteiger partial charge in [0.05, 0.1) is 24.9 Å². The molecule has 1 aliphatic carbocycles. The number of methoxy groups -OCH3 is 1. The number of ether oxygens (including phenoxy) is 2. The summed E-state index contributed by atoms with van der Waals surface area (Å²) in [6, 6.07) is 3.78. The van der Waals surface area contributed by atoms with Crippen LogP contribution in [0.4, 0.5) is 30.6 Å². The van der Waals surface area contributed by atoms with E-state index < -0.39 is 29.2 Å². The number of halogens is 3. The molecular formula is C22H20F3N5O5. The van der Waals surface area contributed by atoms with Gasteiger partial charge in [0, 0.05) is 17.8 Å². The maximum Gasteiger partial charge on any atom is 0.320 e. The quantitative estimate of drug-likeness (QED) is 0.472. The number of benzene rings is 1. The molecule has 0 saturated heterocycles. The van der Waals surface area contributed by atoms with Crippen molar-refractivity contribution >= 4 is 29.3 Å². The van der Waals surface area contributed by atoms with Crippen molar-refractivity contribution in [1.82, 2.24) is 15.2 Å². The Morgan fingerprint density at radius 2 is 1.80 bits per heavy atom. The summed E-state index contributed by atoms with van der Waals surface area (Å²) >= 11 is 0. The van der Waals surface area contributed by atoms with E-state index in [-0.39, 0.29) is 41.3 Å². The lowest BCUT2D eigenvalue weighted by atomic mass is 9.87. The average molecular weight is 491 g/mol. The van der Waals surface area contributed by atoms with Gasteiger partial charge in [-0.15, -0.1) is 5.10 Å². The summed E-state index contributed by atoms with van der Waals surface area (Å²) in [4.78, 5) is 28.0. The maximum absolute atomic E-state index is 14.5. The molecule has 1 fully saturated rings. The van der Waals surface area contributed by atoms with Crippen molar-refractivity contribution in [2.45, 2.75) is 31.8 Å². The molecule has 184 valence electrons. The molecule has 10 nitrogen and oxygen atoms in total. The molecule has 35 heavy (non-hydrogen) atoms. The van der Waals surface area contributed by atoms with E-state index in [1.54, 1.807) is 0 Å². The summed E-state index contributed by atoms with van der Waals surface area (Å²) in [6.45, 7) is 0. The van der Waals surface area contributed by atoms with Gasteiger partial charge in [-0.2, -0.15) is 0 Å². The number of esters is 1. The van der Waals surface area contributed by atoms with Crippen LogP contribution in [0.1, 0.15) is 36.4 Å². The predicted octanol–water partition coefficient (Wildman–Crippen LogP) is 3.99. The summed E-state index contributed by atoms with van der Waals surface area (Å²) in [5.41, 5.74) is -0.130. The van der Waals surface area contributed by atoms with Gasteiger partial charge in [0.15, 0.2) is 17.5 Å². The zero-order valence-electron chi connectivity index (χ0n) is 18.4. The molecule has 2 N–H and O–H groups in total. The maximum atomic E-state index is 14.5. The third-order valence-corrected chi connectivity index (χ3v) is 5.36. The van der Waals surface area contributed by atoms with Crippen LogP contribution in [-0.4, -0.2) is 40.3 Å². The van der Waals surface area contributed by atoms with Crippen molar-refractivity contribution in [1.29, 1.82) is 0 Å². The first-order valence-corrected chi connectivity index (χ1v) is 10.6. The van der Waals surface area contributed by atoms with Crippen molar-refractivity contribution in [3.05, 3.63) is 53.8 Å². The highest BCUT2D eigenvalue weighted by molar-refractivity contribution is 6.00. The van der Waals surface area contributed by atoms with Crippen molar-refractivity contribution in [3.8, 4) is 5.88 Å². The molecule has 2 heterocycles. The van der Waals surface area contributed by atoms with Crippen LogP contribution in [0.3, 0.4) is 0 Å². The van der Waals surface area contributed by atoms with Crippen LogP contribution in [-0.2, 0) is 9.53 Å². The summed E-state index contributed by atoms with van der Waals surface area (Å²) in [7, 11) is 1.35. The van der Waals surface area contributed by atoms with Crippen molar-refractivity contribution in [2.75, 3.05) is 17.7 Å². The minimum atomic E-state index is -1.09. The van der Waals surface area contributed by atoms with Crippen LogP contribution < -0.4 is 15.4 Å². The molecule has 3 aromatic rings. The average Bonchev–Trinajstić information content (AvgIpc) is 3.32. The number of hydrogen-bond donors (Lipinski definition) is 2. The molecule has 0 aliphatic heterocycles. The second-order valence-electron chi connectivity index (χ2n) is 7.74. The number of hydrogen-bond acceptors (Lipinski definition) is 9. The molecule has 0 radical (unpaired) electrons. The number of carbonyl (C=O) groups is 2. The third-order valence-electron chi connectivity index (χ3n) is 5.36. The van der Waals surface area contributed by atoms with Gasteiger partial charge < -0.3 is 24.5 Å².